The molecule has 1 aliphatic heterocycles. The first-order valence-electron chi connectivity index (χ1n) is 6.41. The predicted molar refractivity (Wildman–Crippen MR) is 75.8 cm³/mol. The van der Waals surface area contributed by atoms with Crippen LogP contribution in [0.15, 0.2) is 12.3 Å². The quantitative estimate of drug-likeness (QED) is 0.823. The van der Waals surface area contributed by atoms with Gasteiger partial charge < -0.3 is 16.0 Å². The van der Waals surface area contributed by atoms with E-state index in [2.05, 4.69) is 34.2 Å². The SMILES string of the molecule is Cc1cnc(NCC2CN(C)CCN2C)c(N)c1. The molecular formula is C13H23N5. The van der Waals surface area contributed by atoms with E-state index in [1.54, 1.807) is 0 Å². The number of hydrogen-bond acceptors (Lipinski definition) is 5. The second kappa shape index (κ2) is 5.54. The van der Waals surface area contributed by atoms with Crippen molar-refractivity contribution in [2.24, 2.45) is 0 Å². The number of pyridine rings is 1. The van der Waals surface area contributed by atoms with Crippen LogP contribution in [0.4, 0.5) is 11.5 Å². The molecule has 0 amide bonds. The third-order valence-electron chi connectivity index (χ3n) is 3.54. The minimum Gasteiger partial charge on any atom is -0.396 e. The number of aryl methyl sites for hydroxylation is 1. The summed E-state index contributed by atoms with van der Waals surface area (Å²) in [5, 5.41) is 3.36. The number of nitrogens with zero attached hydrogens (tertiary/aromatic N) is 3. The summed E-state index contributed by atoms with van der Waals surface area (Å²) in [5.74, 6) is 0.794. The lowest BCUT2D eigenvalue weighted by Gasteiger charge is -2.37. The highest BCUT2D eigenvalue weighted by Gasteiger charge is 2.21. The van der Waals surface area contributed by atoms with Crippen molar-refractivity contribution in [2.75, 3.05) is 51.3 Å². The maximum absolute atomic E-state index is 5.95. The van der Waals surface area contributed by atoms with Gasteiger partial charge in [0.15, 0.2) is 0 Å². The third kappa shape index (κ3) is 3.11. The topological polar surface area (TPSA) is 57.4 Å². The Labute approximate surface area is 109 Å². The number of nitrogens with one attached hydrogen (secondary N) is 1. The number of nitrogen functional groups attached to an aromatic ring is 1. The predicted octanol–water partition coefficient (Wildman–Crippen LogP) is 0.630. The van der Waals surface area contributed by atoms with E-state index in [9.17, 15) is 0 Å². The Bertz CT molecular complexity index is 406. The van der Waals surface area contributed by atoms with Crippen molar-refractivity contribution in [3.05, 3.63) is 17.8 Å². The molecule has 1 atom stereocenters. The minimum atomic E-state index is 0.506. The van der Waals surface area contributed by atoms with Gasteiger partial charge in [-0.2, -0.15) is 0 Å². The summed E-state index contributed by atoms with van der Waals surface area (Å²) in [7, 11) is 4.34. The maximum Gasteiger partial charge on any atom is 0.149 e. The van der Waals surface area contributed by atoms with E-state index >= 15 is 0 Å². The molecule has 0 radical (unpaired) electrons. The van der Waals surface area contributed by atoms with Crippen LogP contribution in [0.3, 0.4) is 0 Å². The molecule has 0 saturated carbocycles. The summed E-state index contributed by atoms with van der Waals surface area (Å²) in [6, 6.07) is 2.46. The summed E-state index contributed by atoms with van der Waals surface area (Å²) in [6.07, 6.45) is 1.84. The number of nitrogens with two attached hydrogens (primary N) is 1. The van der Waals surface area contributed by atoms with E-state index in [4.69, 9.17) is 5.73 Å². The highest BCUT2D eigenvalue weighted by molar-refractivity contribution is 5.61. The highest BCUT2D eigenvalue weighted by atomic mass is 15.3. The Morgan fingerprint density at radius 3 is 2.94 bits per heavy atom. The Morgan fingerprint density at radius 2 is 2.22 bits per heavy atom. The Hall–Kier alpha value is -1.33. The monoisotopic (exact) mass is 249 g/mol. The zero-order valence-corrected chi connectivity index (χ0v) is 11.5. The van der Waals surface area contributed by atoms with Gasteiger partial charge in [-0.25, -0.2) is 4.98 Å². The van der Waals surface area contributed by atoms with Crippen LogP contribution in [0.25, 0.3) is 0 Å². The number of anilines is 2. The molecule has 1 aliphatic rings. The van der Waals surface area contributed by atoms with Crippen LogP contribution in [-0.4, -0.2) is 61.1 Å². The molecule has 18 heavy (non-hydrogen) atoms. The first-order chi connectivity index (χ1) is 8.56. The normalized spacial score (nSPS) is 22.1. The molecule has 0 bridgehead atoms. The molecule has 100 valence electrons. The average molecular weight is 249 g/mol. The summed E-state index contributed by atoms with van der Waals surface area (Å²) < 4.78 is 0. The Kier molecular flexibility index (Phi) is 4.04. The zero-order valence-electron chi connectivity index (χ0n) is 11.5. The molecule has 1 unspecified atom stereocenters. The van der Waals surface area contributed by atoms with Crippen LogP contribution in [0.2, 0.25) is 0 Å². The molecule has 0 aliphatic carbocycles. The fourth-order valence-corrected chi connectivity index (χ4v) is 2.28. The van der Waals surface area contributed by atoms with Gasteiger partial charge in [-0.3, -0.25) is 4.90 Å². The summed E-state index contributed by atoms with van der Waals surface area (Å²) in [6.45, 7) is 6.20. The van der Waals surface area contributed by atoms with E-state index in [0.29, 0.717) is 6.04 Å². The lowest BCUT2D eigenvalue weighted by molar-refractivity contribution is 0.122. The van der Waals surface area contributed by atoms with Crippen LogP contribution in [0, 0.1) is 6.92 Å². The molecule has 1 fully saturated rings. The standard InChI is InChI=1S/C13H23N5/c1-10-6-12(14)13(15-7-10)16-8-11-9-17(2)4-5-18(11)3/h6-7,11H,4-5,8-9,14H2,1-3H3,(H,15,16). The van der Waals surface area contributed by atoms with Crippen LogP contribution in [-0.2, 0) is 0 Å². The van der Waals surface area contributed by atoms with Gasteiger partial charge in [0.2, 0.25) is 0 Å². The molecule has 0 spiro atoms. The van der Waals surface area contributed by atoms with Crippen LogP contribution in [0.5, 0.6) is 0 Å². The number of rotatable bonds is 3. The maximum atomic E-state index is 5.95. The number of likely N-dealkylation sites (N-methyl/N-ethyl adjacent to an activating group) is 2. The molecule has 1 saturated heterocycles. The van der Waals surface area contributed by atoms with Crippen molar-refractivity contribution < 1.29 is 0 Å². The number of hydrogen-bond donors (Lipinski definition) is 2. The Morgan fingerprint density at radius 1 is 1.44 bits per heavy atom. The molecular weight excluding hydrogens is 226 g/mol. The van der Waals surface area contributed by atoms with Crippen LogP contribution < -0.4 is 11.1 Å². The van der Waals surface area contributed by atoms with Crippen molar-refractivity contribution >= 4 is 11.5 Å². The van der Waals surface area contributed by atoms with Crippen LogP contribution in [0.1, 0.15) is 5.56 Å². The van der Waals surface area contributed by atoms with Crippen molar-refractivity contribution in [1.82, 2.24) is 14.8 Å². The van der Waals surface area contributed by atoms with Gasteiger partial charge in [0.25, 0.3) is 0 Å². The average Bonchev–Trinajstić information content (AvgIpc) is 2.32. The first kappa shape index (κ1) is 13.1. The number of piperazine rings is 1. The fourth-order valence-electron chi connectivity index (χ4n) is 2.28. The largest absolute Gasteiger partial charge is 0.396 e. The zero-order chi connectivity index (χ0) is 13.1. The minimum absolute atomic E-state index is 0.506. The molecule has 3 N–H and O–H groups in total. The van der Waals surface area contributed by atoms with E-state index in [1.165, 1.54) is 0 Å². The fraction of sp³-hybridized carbons (Fsp3) is 0.615. The van der Waals surface area contributed by atoms with Crippen molar-refractivity contribution in [2.45, 2.75) is 13.0 Å². The molecule has 1 aromatic heterocycles. The molecule has 0 aromatic carbocycles. The smallest absolute Gasteiger partial charge is 0.149 e. The van der Waals surface area contributed by atoms with Crippen molar-refractivity contribution in [3.63, 3.8) is 0 Å². The van der Waals surface area contributed by atoms with Crippen molar-refractivity contribution in [3.8, 4) is 0 Å². The van der Waals surface area contributed by atoms with E-state index in [1.807, 2.05) is 19.2 Å². The van der Waals surface area contributed by atoms with Gasteiger partial charge in [-0.1, -0.05) is 0 Å². The van der Waals surface area contributed by atoms with Gasteiger partial charge in [-0.15, -0.1) is 0 Å². The van der Waals surface area contributed by atoms with Crippen molar-refractivity contribution in [1.29, 1.82) is 0 Å². The molecule has 2 rings (SSSR count). The van der Waals surface area contributed by atoms with Crippen LogP contribution >= 0.6 is 0 Å². The van der Waals surface area contributed by atoms with Gasteiger partial charge in [0.05, 0.1) is 5.69 Å². The molecule has 1 aromatic rings. The van der Waals surface area contributed by atoms with E-state index < -0.39 is 0 Å². The van der Waals surface area contributed by atoms with E-state index in [-0.39, 0.29) is 0 Å². The van der Waals surface area contributed by atoms with Gasteiger partial charge in [0.1, 0.15) is 5.82 Å². The molecule has 5 heteroatoms. The lowest BCUT2D eigenvalue weighted by atomic mass is 10.2. The second-order valence-electron chi connectivity index (χ2n) is 5.23. The second-order valence-corrected chi connectivity index (χ2v) is 5.23. The lowest BCUT2D eigenvalue weighted by Crippen LogP contribution is -2.52. The van der Waals surface area contributed by atoms with E-state index in [0.717, 1.165) is 43.2 Å². The highest BCUT2D eigenvalue weighted by Crippen LogP contribution is 2.16. The third-order valence-corrected chi connectivity index (χ3v) is 3.54. The Balaban J connectivity index is 1.94. The van der Waals surface area contributed by atoms with Gasteiger partial charge in [-0.05, 0) is 32.6 Å². The first-order valence-corrected chi connectivity index (χ1v) is 6.41. The summed E-state index contributed by atoms with van der Waals surface area (Å²) in [5.41, 5.74) is 7.76. The summed E-state index contributed by atoms with van der Waals surface area (Å²) in [4.78, 5) is 9.08. The summed E-state index contributed by atoms with van der Waals surface area (Å²) >= 11 is 0. The number of aromatic nitrogens is 1. The molecule has 5 nitrogen and oxygen atoms in total. The van der Waals surface area contributed by atoms with Gasteiger partial charge in [0, 0.05) is 38.4 Å². The molecule has 2 heterocycles. The van der Waals surface area contributed by atoms with Gasteiger partial charge >= 0.3 is 0 Å².